The lowest BCUT2D eigenvalue weighted by Crippen LogP contribution is -2.17. The summed E-state index contributed by atoms with van der Waals surface area (Å²) < 4.78 is 0. The average Bonchev–Trinajstić information content (AvgIpc) is 1.68. The molecule has 0 aromatic carbocycles. The molecule has 0 fully saturated rings. The fraction of sp³-hybridized carbons (Fsp3) is 0.750. The molecule has 0 saturated carbocycles. The van der Waals surface area contributed by atoms with Crippen LogP contribution in [0.15, 0.2) is 0 Å². The smallest absolute Gasteiger partial charge is 0.111 e. The van der Waals surface area contributed by atoms with E-state index in [0.717, 1.165) is 5.06 Å². The molecule has 3 heteroatoms. The number of hydrogen-bond donors (Lipinski definition) is 1. The van der Waals surface area contributed by atoms with Crippen LogP contribution in [0, 0.1) is 11.3 Å². The van der Waals surface area contributed by atoms with E-state index >= 15 is 0 Å². The monoisotopic (exact) mass is 100 g/mol. The molecule has 0 radical (unpaired) electrons. The summed E-state index contributed by atoms with van der Waals surface area (Å²) in [5, 5.41) is 17.3. The first-order valence-electron chi connectivity index (χ1n) is 2.12. The zero-order valence-electron chi connectivity index (χ0n) is 4.26. The van der Waals surface area contributed by atoms with Crippen molar-refractivity contribution in [2.45, 2.75) is 6.92 Å². The Morgan fingerprint density at radius 3 is 2.57 bits per heavy atom. The largest absolute Gasteiger partial charge is 0.313 e. The molecule has 0 saturated heterocycles. The number of hydroxylamine groups is 2. The van der Waals surface area contributed by atoms with Gasteiger partial charge in [-0.15, -0.1) is 0 Å². The van der Waals surface area contributed by atoms with Crippen LogP contribution >= 0.6 is 0 Å². The van der Waals surface area contributed by atoms with Crippen molar-refractivity contribution < 1.29 is 5.21 Å². The topological polar surface area (TPSA) is 47.3 Å². The molecule has 0 unspecified atom stereocenters. The second kappa shape index (κ2) is 3.59. The first kappa shape index (κ1) is 6.41. The summed E-state index contributed by atoms with van der Waals surface area (Å²) in [5.41, 5.74) is 0. The molecule has 40 valence electrons. The van der Waals surface area contributed by atoms with Crippen molar-refractivity contribution in [1.82, 2.24) is 5.06 Å². The van der Waals surface area contributed by atoms with Crippen molar-refractivity contribution in [3.63, 3.8) is 0 Å². The predicted octanol–water partition coefficient (Wildman–Crippen LogP) is 0.221. The molecule has 0 aliphatic heterocycles. The fourth-order valence-electron chi connectivity index (χ4n) is 0.193. The molecule has 0 rings (SSSR count). The molecule has 1 N–H and O–H groups in total. The summed E-state index contributed by atoms with van der Waals surface area (Å²) in [7, 11) is 0. The molecular weight excluding hydrogens is 92.1 g/mol. The summed E-state index contributed by atoms with van der Waals surface area (Å²) in [6.07, 6.45) is 0. The number of nitriles is 1. The van der Waals surface area contributed by atoms with E-state index in [0.29, 0.717) is 6.54 Å². The minimum absolute atomic E-state index is 0.0938. The lowest BCUT2D eigenvalue weighted by Gasteiger charge is -2.03. The Kier molecular flexibility index (Phi) is 3.29. The van der Waals surface area contributed by atoms with Gasteiger partial charge in [0, 0.05) is 6.54 Å². The summed E-state index contributed by atoms with van der Waals surface area (Å²) in [6.45, 7) is 2.38. The van der Waals surface area contributed by atoms with Crippen molar-refractivity contribution in [1.29, 1.82) is 5.26 Å². The zero-order chi connectivity index (χ0) is 5.70. The molecule has 0 aliphatic rings. The van der Waals surface area contributed by atoms with Gasteiger partial charge in [0.05, 0.1) is 6.07 Å². The minimum Gasteiger partial charge on any atom is -0.313 e. The maximum atomic E-state index is 8.47. The third-order valence-electron chi connectivity index (χ3n) is 0.618. The molecule has 0 aliphatic carbocycles. The van der Waals surface area contributed by atoms with E-state index in [2.05, 4.69) is 0 Å². The molecule has 3 nitrogen and oxygen atoms in total. The maximum Gasteiger partial charge on any atom is 0.111 e. The lowest BCUT2D eigenvalue weighted by molar-refractivity contribution is -0.0737. The molecule has 0 spiro atoms. The fourth-order valence-corrected chi connectivity index (χ4v) is 0.193. The Hall–Kier alpha value is -0.590. The Bertz CT molecular complexity index is 76.2. The quantitative estimate of drug-likeness (QED) is 0.399. The Labute approximate surface area is 42.7 Å². The van der Waals surface area contributed by atoms with E-state index in [9.17, 15) is 0 Å². The lowest BCUT2D eigenvalue weighted by atomic mass is 10.6. The standard InChI is InChI=1S/C4H8N2O/c1-2-6(7)4-3-5/h7H,2,4H2,1H3. The van der Waals surface area contributed by atoms with Gasteiger partial charge in [0.1, 0.15) is 6.54 Å². The average molecular weight is 100 g/mol. The Morgan fingerprint density at radius 2 is 2.43 bits per heavy atom. The van der Waals surface area contributed by atoms with Gasteiger partial charge in [-0.1, -0.05) is 6.92 Å². The third kappa shape index (κ3) is 3.23. The SMILES string of the molecule is CCN(O)CC#N. The van der Waals surface area contributed by atoms with E-state index in [4.69, 9.17) is 10.5 Å². The first-order chi connectivity index (χ1) is 3.31. The third-order valence-corrected chi connectivity index (χ3v) is 0.618. The molecule has 0 amide bonds. The van der Waals surface area contributed by atoms with Gasteiger partial charge in [0.15, 0.2) is 0 Å². The summed E-state index contributed by atoms with van der Waals surface area (Å²) in [4.78, 5) is 0. The van der Waals surface area contributed by atoms with E-state index in [1.54, 1.807) is 13.0 Å². The van der Waals surface area contributed by atoms with E-state index in [-0.39, 0.29) is 6.54 Å². The zero-order valence-corrected chi connectivity index (χ0v) is 4.26. The number of hydrogen-bond acceptors (Lipinski definition) is 3. The molecule has 7 heavy (non-hydrogen) atoms. The van der Waals surface area contributed by atoms with Gasteiger partial charge in [-0.05, 0) is 0 Å². The highest BCUT2D eigenvalue weighted by atomic mass is 16.5. The van der Waals surface area contributed by atoms with Crippen LogP contribution in [0.5, 0.6) is 0 Å². The summed E-state index contributed by atoms with van der Waals surface area (Å²) in [5.74, 6) is 0. The van der Waals surface area contributed by atoms with Gasteiger partial charge in [-0.2, -0.15) is 10.3 Å². The van der Waals surface area contributed by atoms with Crippen LogP contribution < -0.4 is 0 Å². The summed E-state index contributed by atoms with van der Waals surface area (Å²) >= 11 is 0. The highest BCUT2D eigenvalue weighted by Crippen LogP contribution is 1.73. The van der Waals surface area contributed by atoms with Gasteiger partial charge in [0.2, 0.25) is 0 Å². The molecular formula is C4H8N2O. The van der Waals surface area contributed by atoms with Gasteiger partial charge < -0.3 is 5.21 Å². The van der Waals surface area contributed by atoms with Crippen LogP contribution in [-0.4, -0.2) is 23.4 Å². The van der Waals surface area contributed by atoms with Crippen molar-refractivity contribution in [2.75, 3.05) is 13.1 Å². The second-order valence-corrected chi connectivity index (χ2v) is 1.14. The summed E-state index contributed by atoms with van der Waals surface area (Å²) in [6, 6.07) is 1.79. The predicted molar refractivity (Wildman–Crippen MR) is 24.6 cm³/mol. The van der Waals surface area contributed by atoms with Crippen LogP contribution in [-0.2, 0) is 0 Å². The van der Waals surface area contributed by atoms with Crippen molar-refractivity contribution in [3.8, 4) is 6.07 Å². The number of nitrogens with zero attached hydrogens (tertiary/aromatic N) is 2. The molecule has 0 bridgehead atoms. The van der Waals surface area contributed by atoms with Gasteiger partial charge in [0.25, 0.3) is 0 Å². The Morgan fingerprint density at radius 1 is 1.86 bits per heavy atom. The van der Waals surface area contributed by atoms with Crippen LogP contribution in [0.4, 0.5) is 0 Å². The van der Waals surface area contributed by atoms with Crippen LogP contribution in [0.25, 0.3) is 0 Å². The van der Waals surface area contributed by atoms with E-state index in [1.807, 2.05) is 0 Å². The number of rotatable bonds is 2. The highest BCUT2D eigenvalue weighted by molar-refractivity contribution is 4.70. The van der Waals surface area contributed by atoms with Crippen LogP contribution in [0.2, 0.25) is 0 Å². The van der Waals surface area contributed by atoms with Crippen molar-refractivity contribution in [2.24, 2.45) is 0 Å². The van der Waals surface area contributed by atoms with Gasteiger partial charge in [-0.25, -0.2) is 0 Å². The van der Waals surface area contributed by atoms with Crippen LogP contribution in [0.3, 0.4) is 0 Å². The van der Waals surface area contributed by atoms with Gasteiger partial charge >= 0.3 is 0 Å². The van der Waals surface area contributed by atoms with Gasteiger partial charge in [-0.3, -0.25) is 0 Å². The normalized spacial score (nSPS) is 8.86. The first-order valence-corrected chi connectivity index (χ1v) is 2.12. The molecule has 0 aromatic heterocycles. The maximum absolute atomic E-state index is 8.47. The van der Waals surface area contributed by atoms with Crippen molar-refractivity contribution in [3.05, 3.63) is 0 Å². The molecule has 0 heterocycles. The highest BCUT2D eigenvalue weighted by Gasteiger charge is 1.88. The van der Waals surface area contributed by atoms with E-state index in [1.165, 1.54) is 0 Å². The Balaban J connectivity index is 3.03. The van der Waals surface area contributed by atoms with Crippen LogP contribution in [0.1, 0.15) is 6.92 Å². The van der Waals surface area contributed by atoms with E-state index < -0.39 is 0 Å². The molecule has 0 aromatic rings. The van der Waals surface area contributed by atoms with Crippen molar-refractivity contribution >= 4 is 0 Å². The second-order valence-electron chi connectivity index (χ2n) is 1.14. The molecule has 0 atom stereocenters. The minimum atomic E-state index is 0.0938.